The van der Waals surface area contributed by atoms with Crippen LogP contribution in [0, 0.1) is 0 Å². The van der Waals surface area contributed by atoms with Gasteiger partial charge in [-0.2, -0.15) is 5.10 Å². The summed E-state index contributed by atoms with van der Waals surface area (Å²) in [5.74, 6) is 0.829. The van der Waals surface area contributed by atoms with Crippen molar-refractivity contribution < 1.29 is 14.3 Å². The predicted octanol–water partition coefficient (Wildman–Crippen LogP) is 3.19. The van der Waals surface area contributed by atoms with Crippen molar-refractivity contribution in [3.63, 3.8) is 0 Å². The van der Waals surface area contributed by atoms with Crippen molar-refractivity contribution in [1.82, 2.24) is 19.6 Å². The summed E-state index contributed by atoms with van der Waals surface area (Å²) in [4.78, 5) is 29.1. The van der Waals surface area contributed by atoms with Gasteiger partial charge in [0.05, 0.1) is 12.8 Å². The molecule has 4 rings (SSSR count). The van der Waals surface area contributed by atoms with Crippen LogP contribution in [-0.2, 0) is 11.2 Å². The average molecular weight is 433 g/mol. The number of aryl methyl sites for hydroxylation is 1. The van der Waals surface area contributed by atoms with Crippen LogP contribution < -0.4 is 4.74 Å². The van der Waals surface area contributed by atoms with Gasteiger partial charge in [0.2, 0.25) is 5.91 Å². The monoisotopic (exact) mass is 432 g/mol. The first-order chi connectivity index (χ1) is 15.6. The Kier molecular flexibility index (Phi) is 6.84. The smallest absolute Gasteiger partial charge is 0.274 e. The molecule has 0 saturated carbocycles. The molecule has 0 unspecified atom stereocenters. The average Bonchev–Trinajstić information content (AvgIpc) is 3.35. The highest BCUT2D eigenvalue weighted by atomic mass is 16.5. The van der Waals surface area contributed by atoms with Crippen LogP contribution >= 0.6 is 0 Å². The van der Waals surface area contributed by atoms with E-state index in [1.54, 1.807) is 29.0 Å². The predicted molar refractivity (Wildman–Crippen MR) is 122 cm³/mol. The van der Waals surface area contributed by atoms with Gasteiger partial charge in [-0.25, -0.2) is 4.68 Å². The van der Waals surface area contributed by atoms with Gasteiger partial charge >= 0.3 is 0 Å². The second-order valence-electron chi connectivity index (χ2n) is 7.86. The molecule has 2 heterocycles. The van der Waals surface area contributed by atoms with Crippen LogP contribution in [0.15, 0.2) is 66.9 Å². The molecule has 166 valence electrons. The van der Waals surface area contributed by atoms with Gasteiger partial charge in [0.15, 0.2) is 5.69 Å². The Morgan fingerprint density at radius 2 is 1.59 bits per heavy atom. The van der Waals surface area contributed by atoms with Gasteiger partial charge in [-0.1, -0.05) is 30.3 Å². The number of rotatable bonds is 7. The number of hydrogen-bond donors (Lipinski definition) is 0. The summed E-state index contributed by atoms with van der Waals surface area (Å²) in [6, 6.07) is 19.4. The molecule has 2 aromatic carbocycles. The summed E-state index contributed by atoms with van der Waals surface area (Å²) in [5.41, 5.74) is 2.52. The zero-order valence-corrected chi connectivity index (χ0v) is 18.3. The third-order valence-corrected chi connectivity index (χ3v) is 5.76. The van der Waals surface area contributed by atoms with E-state index in [4.69, 9.17) is 4.74 Å². The number of ether oxygens (including phenoxy) is 1. The van der Waals surface area contributed by atoms with Crippen molar-refractivity contribution in [3.8, 4) is 11.4 Å². The van der Waals surface area contributed by atoms with Crippen LogP contribution in [0.4, 0.5) is 0 Å². The third-order valence-electron chi connectivity index (χ3n) is 5.76. The standard InChI is InChI=1S/C25H28N4O3/c1-32-22-12-10-21(11-13-22)29-15-14-23(26-29)25(31)28-18-16-27(17-19-28)24(30)9-5-8-20-6-3-2-4-7-20/h2-4,6-7,10-15H,5,8-9,16-19H2,1H3. The summed E-state index contributed by atoms with van der Waals surface area (Å²) in [6.07, 6.45) is 4.06. The van der Waals surface area contributed by atoms with E-state index in [0.717, 1.165) is 24.3 Å². The van der Waals surface area contributed by atoms with Crippen molar-refractivity contribution in [1.29, 1.82) is 0 Å². The van der Waals surface area contributed by atoms with Gasteiger partial charge in [0.25, 0.3) is 5.91 Å². The zero-order chi connectivity index (χ0) is 22.3. The van der Waals surface area contributed by atoms with Gasteiger partial charge in [-0.15, -0.1) is 0 Å². The van der Waals surface area contributed by atoms with E-state index in [2.05, 4.69) is 17.2 Å². The van der Waals surface area contributed by atoms with E-state index in [1.807, 2.05) is 47.4 Å². The first kappa shape index (κ1) is 21.6. The number of piperazine rings is 1. The van der Waals surface area contributed by atoms with Crippen LogP contribution in [0.2, 0.25) is 0 Å². The molecule has 0 atom stereocenters. The summed E-state index contributed by atoms with van der Waals surface area (Å²) < 4.78 is 6.86. The maximum atomic E-state index is 12.9. The number of aromatic nitrogens is 2. The van der Waals surface area contributed by atoms with Crippen LogP contribution in [0.25, 0.3) is 5.69 Å². The second kappa shape index (κ2) is 10.1. The van der Waals surface area contributed by atoms with Crippen molar-refractivity contribution >= 4 is 11.8 Å². The minimum Gasteiger partial charge on any atom is -0.497 e. The molecule has 32 heavy (non-hydrogen) atoms. The summed E-state index contributed by atoms with van der Waals surface area (Å²) in [5, 5.41) is 4.44. The largest absolute Gasteiger partial charge is 0.497 e. The molecule has 0 aliphatic carbocycles. The zero-order valence-electron chi connectivity index (χ0n) is 18.3. The highest BCUT2D eigenvalue weighted by Gasteiger charge is 2.25. The van der Waals surface area contributed by atoms with Crippen molar-refractivity contribution in [3.05, 3.63) is 78.1 Å². The maximum Gasteiger partial charge on any atom is 0.274 e. The molecule has 3 aromatic rings. The van der Waals surface area contributed by atoms with Crippen molar-refractivity contribution in [2.45, 2.75) is 19.3 Å². The van der Waals surface area contributed by atoms with Gasteiger partial charge in [0, 0.05) is 38.8 Å². The molecule has 2 amide bonds. The van der Waals surface area contributed by atoms with Gasteiger partial charge in [-0.3, -0.25) is 9.59 Å². The van der Waals surface area contributed by atoms with E-state index < -0.39 is 0 Å². The Morgan fingerprint density at radius 1 is 0.906 bits per heavy atom. The normalized spacial score (nSPS) is 13.8. The number of carbonyl (C=O) groups excluding carboxylic acids is 2. The summed E-state index contributed by atoms with van der Waals surface area (Å²) >= 11 is 0. The number of methoxy groups -OCH3 is 1. The molecule has 1 aliphatic heterocycles. The Morgan fingerprint density at radius 3 is 2.28 bits per heavy atom. The molecule has 0 N–H and O–H groups in total. The number of carbonyl (C=O) groups is 2. The molecule has 0 radical (unpaired) electrons. The molecule has 1 saturated heterocycles. The number of benzene rings is 2. The lowest BCUT2D eigenvalue weighted by Crippen LogP contribution is -2.50. The number of nitrogens with zero attached hydrogens (tertiary/aromatic N) is 4. The molecule has 1 aliphatic rings. The Bertz CT molecular complexity index is 1040. The molecule has 7 nitrogen and oxygen atoms in total. The Hall–Kier alpha value is -3.61. The minimum atomic E-state index is -0.103. The molecule has 0 bridgehead atoms. The highest BCUT2D eigenvalue weighted by Crippen LogP contribution is 2.16. The van der Waals surface area contributed by atoms with Gasteiger partial charge < -0.3 is 14.5 Å². The van der Waals surface area contributed by atoms with Crippen molar-refractivity contribution in [2.75, 3.05) is 33.3 Å². The maximum absolute atomic E-state index is 12.9. The lowest BCUT2D eigenvalue weighted by molar-refractivity contribution is -0.132. The first-order valence-corrected chi connectivity index (χ1v) is 10.9. The Labute approximate surface area is 188 Å². The molecule has 7 heteroatoms. The first-order valence-electron chi connectivity index (χ1n) is 10.9. The fraction of sp³-hybridized carbons (Fsp3) is 0.320. The molecule has 0 spiro atoms. The fourth-order valence-corrected chi connectivity index (χ4v) is 3.88. The number of hydrogen-bond acceptors (Lipinski definition) is 4. The summed E-state index contributed by atoms with van der Waals surface area (Å²) in [6.45, 7) is 2.18. The van der Waals surface area contributed by atoms with Gasteiger partial charge in [-0.05, 0) is 48.7 Å². The van der Waals surface area contributed by atoms with Crippen molar-refractivity contribution in [2.24, 2.45) is 0 Å². The van der Waals surface area contributed by atoms with E-state index in [9.17, 15) is 9.59 Å². The Balaban J connectivity index is 1.26. The van der Waals surface area contributed by atoms with E-state index in [1.165, 1.54) is 5.56 Å². The van der Waals surface area contributed by atoms with Crippen LogP contribution in [-0.4, -0.2) is 64.7 Å². The molecule has 1 fully saturated rings. The van der Waals surface area contributed by atoms with E-state index in [-0.39, 0.29) is 11.8 Å². The lowest BCUT2D eigenvalue weighted by Gasteiger charge is -2.34. The SMILES string of the molecule is COc1ccc(-n2ccc(C(=O)N3CCN(C(=O)CCCc4ccccc4)CC3)n2)cc1. The van der Waals surface area contributed by atoms with E-state index >= 15 is 0 Å². The highest BCUT2D eigenvalue weighted by molar-refractivity contribution is 5.92. The topological polar surface area (TPSA) is 67.7 Å². The van der Waals surface area contributed by atoms with Crippen LogP contribution in [0.1, 0.15) is 28.9 Å². The van der Waals surface area contributed by atoms with E-state index in [0.29, 0.717) is 38.3 Å². The summed E-state index contributed by atoms with van der Waals surface area (Å²) in [7, 11) is 1.62. The van der Waals surface area contributed by atoms with Gasteiger partial charge in [0.1, 0.15) is 5.75 Å². The number of amides is 2. The quantitative estimate of drug-likeness (QED) is 0.575. The minimum absolute atomic E-state index is 0.103. The third kappa shape index (κ3) is 5.17. The molecule has 1 aromatic heterocycles. The second-order valence-corrected chi connectivity index (χ2v) is 7.86. The lowest BCUT2D eigenvalue weighted by atomic mass is 10.1. The fourth-order valence-electron chi connectivity index (χ4n) is 3.88. The van der Waals surface area contributed by atoms with Crippen LogP contribution in [0.5, 0.6) is 5.75 Å². The van der Waals surface area contributed by atoms with Crippen LogP contribution in [0.3, 0.4) is 0 Å². The molecular weight excluding hydrogens is 404 g/mol. The molecular formula is C25H28N4O3.